The first-order valence-electron chi connectivity index (χ1n) is 11.1. The van der Waals surface area contributed by atoms with Crippen LogP contribution in [0.5, 0.6) is 5.88 Å². The van der Waals surface area contributed by atoms with Crippen molar-refractivity contribution in [3.8, 4) is 28.5 Å². The highest BCUT2D eigenvalue weighted by atomic mass is 16.6. The van der Waals surface area contributed by atoms with Gasteiger partial charge in [-0.3, -0.25) is 9.78 Å². The van der Waals surface area contributed by atoms with Crippen LogP contribution in [0.2, 0.25) is 0 Å². The minimum Gasteiger partial charge on any atom is -0.475 e. The Labute approximate surface area is 202 Å². The molecule has 0 fully saturated rings. The lowest BCUT2D eigenvalue weighted by molar-refractivity contribution is 0.0519. The minimum atomic E-state index is -0.567. The summed E-state index contributed by atoms with van der Waals surface area (Å²) in [6.07, 6.45) is 1.68. The number of nitrogens with one attached hydrogen (secondary N) is 2. The number of hydrogen-bond donors (Lipinski definition) is 2. The van der Waals surface area contributed by atoms with E-state index >= 15 is 0 Å². The first kappa shape index (κ1) is 23.8. The van der Waals surface area contributed by atoms with Gasteiger partial charge in [0.2, 0.25) is 5.88 Å². The van der Waals surface area contributed by atoms with Crippen LogP contribution < -0.4 is 10.1 Å². The van der Waals surface area contributed by atoms with E-state index in [-0.39, 0.29) is 19.0 Å². The molecule has 0 saturated carbocycles. The molecule has 4 rings (SSSR count). The lowest BCUT2D eigenvalue weighted by Crippen LogP contribution is -2.34. The summed E-state index contributed by atoms with van der Waals surface area (Å²) in [5.41, 5.74) is 4.21. The molecule has 0 bridgehead atoms. The predicted octanol–water partition coefficient (Wildman–Crippen LogP) is 4.11. The molecule has 4 aromatic rings. The largest absolute Gasteiger partial charge is 0.475 e. The third-order valence-electron chi connectivity index (χ3n) is 4.79. The van der Waals surface area contributed by atoms with Gasteiger partial charge < -0.3 is 19.8 Å². The van der Waals surface area contributed by atoms with Crippen LogP contribution in [0, 0.1) is 6.92 Å². The highest BCUT2D eigenvalue weighted by Crippen LogP contribution is 2.30. The number of fused-ring (bicyclic) bond motifs is 1. The molecule has 3 aromatic heterocycles. The topological polar surface area (TPSA) is 132 Å². The van der Waals surface area contributed by atoms with Crippen molar-refractivity contribution in [1.29, 1.82) is 0 Å². The third kappa shape index (κ3) is 5.97. The monoisotopic (exact) mass is 474 g/mol. The van der Waals surface area contributed by atoms with Crippen LogP contribution in [0.25, 0.3) is 33.7 Å². The Bertz CT molecular complexity index is 1380. The zero-order chi connectivity index (χ0) is 25.0. The minimum absolute atomic E-state index is 0.199. The Morgan fingerprint density at radius 1 is 1.11 bits per heavy atom. The summed E-state index contributed by atoms with van der Waals surface area (Å²) in [7, 11) is 0. The molecule has 10 heteroatoms. The van der Waals surface area contributed by atoms with E-state index in [4.69, 9.17) is 9.47 Å². The zero-order valence-corrected chi connectivity index (χ0v) is 20.0. The molecular weight excluding hydrogens is 448 g/mol. The van der Waals surface area contributed by atoms with Gasteiger partial charge in [-0.2, -0.15) is 0 Å². The lowest BCUT2D eigenvalue weighted by Gasteiger charge is -2.19. The summed E-state index contributed by atoms with van der Waals surface area (Å²) in [6.45, 7) is 7.74. The fourth-order valence-electron chi connectivity index (χ4n) is 3.36. The molecule has 3 heterocycles. The Morgan fingerprint density at radius 2 is 1.94 bits per heavy atom. The molecule has 0 aliphatic rings. The van der Waals surface area contributed by atoms with Gasteiger partial charge in [0.1, 0.15) is 12.2 Å². The third-order valence-corrected chi connectivity index (χ3v) is 4.79. The van der Waals surface area contributed by atoms with Crippen molar-refractivity contribution in [2.45, 2.75) is 33.3 Å². The Hall–Kier alpha value is -4.34. The van der Waals surface area contributed by atoms with Crippen molar-refractivity contribution >= 4 is 23.4 Å². The first-order chi connectivity index (χ1) is 16.7. The number of imidazole rings is 1. The van der Waals surface area contributed by atoms with Crippen molar-refractivity contribution in [1.82, 2.24) is 30.2 Å². The number of nitrogens with zero attached hydrogens (tertiary/aromatic N) is 4. The van der Waals surface area contributed by atoms with Gasteiger partial charge in [-0.15, -0.1) is 0 Å². The molecule has 0 saturated heterocycles. The standard InChI is InChI=1S/C25H26N6O4/c1-15-6-5-7-18(28-15)23-22(30-20(14-32)31-23)16-8-9-17-19(12-16)29-21(13-27-17)34-11-10-26-24(33)35-25(2,3)4/h5-9,12-14H,10-11H2,1-4H3,(H,26,33)(H,30,31). The highest BCUT2D eigenvalue weighted by molar-refractivity contribution is 5.86. The van der Waals surface area contributed by atoms with Crippen molar-refractivity contribution in [2.24, 2.45) is 0 Å². The second-order valence-corrected chi connectivity index (χ2v) is 8.82. The molecule has 2 N–H and O–H groups in total. The normalized spacial score (nSPS) is 11.3. The van der Waals surface area contributed by atoms with E-state index in [0.717, 1.165) is 11.3 Å². The fourth-order valence-corrected chi connectivity index (χ4v) is 3.36. The highest BCUT2D eigenvalue weighted by Gasteiger charge is 2.17. The number of benzene rings is 1. The number of carbonyl (C=O) groups excluding carboxylic acids is 2. The zero-order valence-electron chi connectivity index (χ0n) is 20.0. The van der Waals surface area contributed by atoms with E-state index in [2.05, 4.69) is 30.2 Å². The van der Waals surface area contributed by atoms with Gasteiger partial charge in [-0.05, 0) is 52.0 Å². The fraction of sp³-hybridized carbons (Fsp3) is 0.280. The maximum atomic E-state index is 11.7. The van der Waals surface area contributed by atoms with Gasteiger partial charge >= 0.3 is 6.09 Å². The van der Waals surface area contributed by atoms with Crippen LogP contribution in [0.4, 0.5) is 4.79 Å². The Morgan fingerprint density at radius 3 is 2.69 bits per heavy atom. The van der Waals surface area contributed by atoms with Gasteiger partial charge in [-0.1, -0.05) is 12.1 Å². The Kier molecular flexibility index (Phi) is 6.72. The van der Waals surface area contributed by atoms with Gasteiger partial charge in [0.05, 0.1) is 40.9 Å². The molecule has 35 heavy (non-hydrogen) atoms. The number of aldehydes is 1. The smallest absolute Gasteiger partial charge is 0.407 e. The van der Waals surface area contributed by atoms with Crippen LogP contribution >= 0.6 is 0 Å². The van der Waals surface area contributed by atoms with E-state index in [1.54, 1.807) is 20.8 Å². The molecule has 0 unspecified atom stereocenters. The summed E-state index contributed by atoms with van der Waals surface area (Å²) in [6, 6.07) is 11.2. The predicted molar refractivity (Wildman–Crippen MR) is 130 cm³/mol. The molecule has 180 valence electrons. The van der Waals surface area contributed by atoms with Crippen molar-refractivity contribution in [3.63, 3.8) is 0 Å². The van der Waals surface area contributed by atoms with Gasteiger partial charge in [-0.25, -0.2) is 19.7 Å². The molecule has 0 aliphatic heterocycles. The van der Waals surface area contributed by atoms with Gasteiger partial charge in [0.15, 0.2) is 12.1 Å². The number of hydrogen-bond acceptors (Lipinski definition) is 8. The number of rotatable bonds is 7. The molecule has 1 amide bonds. The van der Waals surface area contributed by atoms with Crippen LogP contribution in [0.15, 0.2) is 42.6 Å². The van der Waals surface area contributed by atoms with E-state index in [1.807, 2.05) is 43.3 Å². The molecular formula is C25H26N6O4. The maximum Gasteiger partial charge on any atom is 0.407 e. The number of alkyl carbamates (subject to hydrolysis) is 1. The van der Waals surface area contributed by atoms with E-state index in [1.165, 1.54) is 6.20 Å². The maximum absolute atomic E-state index is 11.7. The summed E-state index contributed by atoms with van der Waals surface area (Å²) >= 11 is 0. The van der Waals surface area contributed by atoms with E-state index in [9.17, 15) is 9.59 Å². The second kappa shape index (κ2) is 9.88. The van der Waals surface area contributed by atoms with Crippen molar-refractivity contribution < 1.29 is 19.1 Å². The van der Waals surface area contributed by atoms with E-state index < -0.39 is 11.7 Å². The molecule has 10 nitrogen and oxygen atoms in total. The van der Waals surface area contributed by atoms with Gasteiger partial charge in [0, 0.05) is 11.3 Å². The van der Waals surface area contributed by atoms with Crippen molar-refractivity contribution in [2.75, 3.05) is 13.2 Å². The van der Waals surface area contributed by atoms with Crippen LogP contribution in [0.1, 0.15) is 37.1 Å². The molecule has 0 atom stereocenters. The first-order valence-corrected chi connectivity index (χ1v) is 11.1. The quantitative estimate of drug-likeness (QED) is 0.302. The van der Waals surface area contributed by atoms with Crippen LogP contribution in [-0.4, -0.2) is 56.1 Å². The number of carbonyl (C=O) groups is 2. The number of aryl methyl sites for hydroxylation is 1. The molecule has 0 aliphatic carbocycles. The number of aromatic amines is 1. The second-order valence-electron chi connectivity index (χ2n) is 8.82. The van der Waals surface area contributed by atoms with E-state index in [0.29, 0.717) is 40.3 Å². The molecule has 0 radical (unpaired) electrons. The number of H-pyrrole nitrogens is 1. The summed E-state index contributed by atoms with van der Waals surface area (Å²) in [5, 5.41) is 2.63. The Balaban J connectivity index is 1.54. The average molecular weight is 475 g/mol. The number of amides is 1. The summed E-state index contributed by atoms with van der Waals surface area (Å²) in [4.78, 5) is 44.1. The summed E-state index contributed by atoms with van der Waals surface area (Å²) < 4.78 is 10.8. The van der Waals surface area contributed by atoms with Gasteiger partial charge in [0.25, 0.3) is 0 Å². The lowest BCUT2D eigenvalue weighted by atomic mass is 10.1. The average Bonchev–Trinajstić information content (AvgIpc) is 3.25. The molecule has 1 aromatic carbocycles. The molecule has 0 spiro atoms. The van der Waals surface area contributed by atoms with Crippen LogP contribution in [-0.2, 0) is 4.74 Å². The van der Waals surface area contributed by atoms with Crippen LogP contribution in [0.3, 0.4) is 0 Å². The number of pyridine rings is 1. The number of aromatic nitrogens is 5. The number of ether oxygens (including phenoxy) is 2. The van der Waals surface area contributed by atoms with Crippen molar-refractivity contribution in [3.05, 3.63) is 54.1 Å². The summed E-state index contributed by atoms with van der Waals surface area (Å²) in [5.74, 6) is 0.524. The SMILES string of the molecule is Cc1cccc(-c2[nH]c(C=O)nc2-c2ccc3ncc(OCCNC(=O)OC(C)(C)C)nc3c2)n1.